The highest BCUT2D eigenvalue weighted by Gasteiger charge is 2.29. The Hall–Kier alpha value is -3.59. The first-order chi connectivity index (χ1) is 16.6. The Balaban J connectivity index is 1.46. The highest BCUT2D eigenvalue weighted by molar-refractivity contribution is 6.30. The Kier molecular flexibility index (Phi) is 7.64. The molecule has 1 fully saturated rings. The van der Waals surface area contributed by atoms with Crippen LogP contribution >= 0.6 is 11.6 Å². The lowest BCUT2D eigenvalue weighted by atomic mass is 9.96. The number of amides is 1. The van der Waals surface area contributed by atoms with E-state index in [4.69, 9.17) is 11.6 Å². The fraction of sp³-hybridized carbons (Fsp3) is 0.214. The number of aryl methyl sites for hydroxylation is 1. The van der Waals surface area contributed by atoms with Crippen molar-refractivity contribution < 1.29 is 4.79 Å². The molecule has 0 aliphatic carbocycles. The van der Waals surface area contributed by atoms with Crippen LogP contribution in [0.3, 0.4) is 0 Å². The van der Waals surface area contributed by atoms with Gasteiger partial charge in [-0.2, -0.15) is 5.26 Å². The fourth-order valence-electron chi connectivity index (χ4n) is 4.28. The largest absolute Gasteiger partial charge is 0.360 e. The van der Waals surface area contributed by atoms with Gasteiger partial charge in [-0.05, 0) is 35.7 Å². The zero-order valence-corrected chi connectivity index (χ0v) is 19.9. The molecule has 172 valence electrons. The summed E-state index contributed by atoms with van der Waals surface area (Å²) in [4.78, 5) is 17.2. The molecule has 0 bridgehead atoms. The molecule has 0 saturated carbocycles. The fourth-order valence-corrected chi connectivity index (χ4v) is 4.45. The maximum absolute atomic E-state index is 13.1. The van der Waals surface area contributed by atoms with E-state index in [1.54, 1.807) is 17.0 Å². The molecule has 0 spiro atoms. The van der Waals surface area contributed by atoms with Gasteiger partial charge in [0, 0.05) is 43.1 Å². The summed E-state index contributed by atoms with van der Waals surface area (Å²) in [6.45, 7) is 4.50. The standard InChI is InChI=1S/C28H27ClN4O/c1-21-12-13-25(29)18-26(21)31-20-24(19-30)28(34)33-16-14-32(15-17-33)27(22-8-4-2-5-9-22)23-10-6-3-7-11-23/h2-13,18,20,27,31H,14-17H2,1H3/b24-20-. The number of carbonyl (C=O) groups excluding carboxylic acids is 1. The quantitative estimate of drug-likeness (QED) is 0.387. The number of benzene rings is 3. The van der Waals surface area contributed by atoms with Crippen LogP contribution in [-0.4, -0.2) is 41.9 Å². The first-order valence-electron chi connectivity index (χ1n) is 11.3. The third kappa shape index (κ3) is 5.48. The van der Waals surface area contributed by atoms with Crippen molar-refractivity contribution in [3.63, 3.8) is 0 Å². The van der Waals surface area contributed by atoms with Gasteiger partial charge in [-0.3, -0.25) is 9.69 Å². The predicted molar refractivity (Wildman–Crippen MR) is 136 cm³/mol. The molecule has 0 aromatic heterocycles. The van der Waals surface area contributed by atoms with E-state index in [9.17, 15) is 10.1 Å². The van der Waals surface area contributed by atoms with Crippen LogP contribution in [0.15, 0.2) is 90.6 Å². The van der Waals surface area contributed by atoms with Crippen molar-refractivity contribution in [3.05, 3.63) is 112 Å². The van der Waals surface area contributed by atoms with Crippen molar-refractivity contribution in [2.75, 3.05) is 31.5 Å². The van der Waals surface area contributed by atoms with E-state index in [0.29, 0.717) is 18.1 Å². The Labute approximate surface area is 205 Å². The summed E-state index contributed by atoms with van der Waals surface area (Å²) in [6, 6.07) is 28.5. The number of anilines is 1. The molecule has 0 radical (unpaired) electrons. The predicted octanol–water partition coefficient (Wildman–Crippen LogP) is 5.40. The normalized spacial score (nSPS) is 14.6. The summed E-state index contributed by atoms with van der Waals surface area (Å²) >= 11 is 6.07. The van der Waals surface area contributed by atoms with Crippen molar-refractivity contribution in [3.8, 4) is 6.07 Å². The van der Waals surface area contributed by atoms with Gasteiger partial charge in [0.05, 0.1) is 6.04 Å². The van der Waals surface area contributed by atoms with Gasteiger partial charge in [0.2, 0.25) is 0 Å². The summed E-state index contributed by atoms with van der Waals surface area (Å²) in [7, 11) is 0. The van der Waals surface area contributed by atoms with Crippen LogP contribution in [0.2, 0.25) is 5.02 Å². The second kappa shape index (κ2) is 11.0. The third-order valence-corrected chi connectivity index (χ3v) is 6.35. The van der Waals surface area contributed by atoms with Crippen molar-refractivity contribution >= 4 is 23.2 Å². The van der Waals surface area contributed by atoms with Crippen LogP contribution in [0, 0.1) is 18.3 Å². The van der Waals surface area contributed by atoms with Gasteiger partial charge in [-0.1, -0.05) is 78.3 Å². The maximum atomic E-state index is 13.1. The van der Waals surface area contributed by atoms with Crippen LogP contribution in [0.5, 0.6) is 0 Å². The van der Waals surface area contributed by atoms with Crippen molar-refractivity contribution in [1.82, 2.24) is 9.80 Å². The molecule has 5 nitrogen and oxygen atoms in total. The molecule has 1 aliphatic heterocycles. The van der Waals surface area contributed by atoms with E-state index in [-0.39, 0.29) is 17.5 Å². The number of rotatable bonds is 6. The molecule has 0 unspecified atom stereocenters. The Morgan fingerprint density at radius 3 is 2.12 bits per heavy atom. The molecule has 1 N–H and O–H groups in total. The number of piperazine rings is 1. The maximum Gasteiger partial charge on any atom is 0.266 e. The molecule has 1 amide bonds. The van der Waals surface area contributed by atoms with Crippen LogP contribution < -0.4 is 5.32 Å². The third-order valence-electron chi connectivity index (χ3n) is 6.12. The summed E-state index contributed by atoms with van der Waals surface area (Å²) in [6.07, 6.45) is 1.48. The number of nitrogens with zero attached hydrogens (tertiary/aromatic N) is 3. The van der Waals surface area contributed by atoms with Gasteiger partial charge < -0.3 is 10.2 Å². The minimum atomic E-state index is -0.259. The van der Waals surface area contributed by atoms with E-state index in [1.165, 1.54) is 17.3 Å². The topological polar surface area (TPSA) is 59.4 Å². The lowest BCUT2D eigenvalue weighted by molar-refractivity contribution is -0.128. The van der Waals surface area contributed by atoms with Crippen molar-refractivity contribution in [2.24, 2.45) is 0 Å². The molecule has 6 heteroatoms. The molecule has 4 rings (SSSR count). The van der Waals surface area contributed by atoms with Gasteiger partial charge in [0.15, 0.2) is 0 Å². The first-order valence-corrected chi connectivity index (χ1v) is 11.7. The summed E-state index contributed by atoms with van der Waals surface area (Å²) in [5, 5.41) is 13.3. The SMILES string of the molecule is Cc1ccc(Cl)cc1N/C=C(/C#N)C(=O)N1CCN(C(c2ccccc2)c2ccccc2)CC1. The van der Waals surface area contributed by atoms with Gasteiger partial charge in [-0.15, -0.1) is 0 Å². The molecule has 1 saturated heterocycles. The smallest absolute Gasteiger partial charge is 0.266 e. The average molecular weight is 471 g/mol. The highest BCUT2D eigenvalue weighted by atomic mass is 35.5. The molecule has 3 aromatic carbocycles. The lowest BCUT2D eigenvalue weighted by Gasteiger charge is -2.39. The van der Waals surface area contributed by atoms with E-state index in [2.05, 4.69) is 58.7 Å². The highest BCUT2D eigenvalue weighted by Crippen LogP contribution is 2.29. The minimum Gasteiger partial charge on any atom is -0.360 e. The molecule has 1 aliphatic rings. The Bertz CT molecular complexity index is 1160. The van der Waals surface area contributed by atoms with Crippen LogP contribution in [0.4, 0.5) is 5.69 Å². The van der Waals surface area contributed by atoms with Gasteiger partial charge in [0.25, 0.3) is 5.91 Å². The molecular weight excluding hydrogens is 444 g/mol. The van der Waals surface area contributed by atoms with Gasteiger partial charge >= 0.3 is 0 Å². The zero-order chi connectivity index (χ0) is 23.9. The first kappa shape index (κ1) is 23.6. The second-order valence-corrected chi connectivity index (χ2v) is 8.76. The molecule has 0 atom stereocenters. The van der Waals surface area contributed by atoms with E-state index in [0.717, 1.165) is 24.3 Å². The second-order valence-electron chi connectivity index (χ2n) is 8.33. The number of hydrogen-bond acceptors (Lipinski definition) is 4. The van der Waals surface area contributed by atoms with E-state index >= 15 is 0 Å². The van der Waals surface area contributed by atoms with Gasteiger partial charge in [0.1, 0.15) is 11.6 Å². The zero-order valence-electron chi connectivity index (χ0n) is 19.1. The van der Waals surface area contributed by atoms with Crippen LogP contribution in [-0.2, 0) is 4.79 Å². The van der Waals surface area contributed by atoms with Crippen LogP contribution in [0.1, 0.15) is 22.7 Å². The van der Waals surface area contributed by atoms with Crippen LogP contribution in [0.25, 0.3) is 0 Å². The molecule has 1 heterocycles. The number of nitriles is 1. The number of hydrogen-bond donors (Lipinski definition) is 1. The van der Waals surface area contributed by atoms with E-state index < -0.39 is 0 Å². The number of carbonyl (C=O) groups is 1. The molecule has 34 heavy (non-hydrogen) atoms. The summed E-state index contributed by atoms with van der Waals surface area (Å²) < 4.78 is 0. The Morgan fingerprint density at radius 1 is 0.971 bits per heavy atom. The molecule has 3 aromatic rings. The number of nitrogens with one attached hydrogen (secondary N) is 1. The monoisotopic (exact) mass is 470 g/mol. The molecular formula is C28H27ClN4O. The van der Waals surface area contributed by atoms with Gasteiger partial charge in [-0.25, -0.2) is 0 Å². The summed E-state index contributed by atoms with van der Waals surface area (Å²) in [5.41, 5.74) is 4.29. The average Bonchev–Trinajstić information content (AvgIpc) is 2.88. The Morgan fingerprint density at radius 2 is 1.56 bits per heavy atom. The number of halogens is 1. The minimum absolute atomic E-state index is 0.0792. The van der Waals surface area contributed by atoms with Crippen molar-refractivity contribution in [1.29, 1.82) is 5.26 Å². The van der Waals surface area contributed by atoms with E-state index in [1.807, 2.05) is 31.2 Å². The summed E-state index contributed by atoms with van der Waals surface area (Å²) in [5.74, 6) is -0.259. The van der Waals surface area contributed by atoms with Crippen molar-refractivity contribution in [2.45, 2.75) is 13.0 Å². The lowest BCUT2D eigenvalue weighted by Crippen LogP contribution is -2.50.